The summed E-state index contributed by atoms with van der Waals surface area (Å²) >= 11 is 11.3. The van der Waals surface area contributed by atoms with Crippen molar-refractivity contribution < 1.29 is 9.18 Å². The average molecular weight is 301 g/mol. The molecule has 0 spiro atoms. The Bertz CT molecular complexity index is 700. The van der Waals surface area contributed by atoms with Gasteiger partial charge in [-0.1, -0.05) is 35.3 Å². The Labute approximate surface area is 117 Å². The fourth-order valence-electron chi connectivity index (χ4n) is 1.47. The third-order valence-corrected chi connectivity index (χ3v) is 3.16. The van der Waals surface area contributed by atoms with Crippen LogP contribution in [0, 0.1) is 5.82 Å². The van der Waals surface area contributed by atoms with Gasteiger partial charge in [0, 0.05) is 0 Å². The van der Waals surface area contributed by atoms with Gasteiger partial charge in [0.05, 0.1) is 16.8 Å². The summed E-state index contributed by atoms with van der Waals surface area (Å²) in [6.07, 6.45) is 1.15. The first-order valence-electron chi connectivity index (χ1n) is 5.19. The molecule has 4 nitrogen and oxygen atoms in total. The van der Waals surface area contributed by atoms with E-state index in [0.717, 1.165) is 16.9 Å². The van der Waals surface area contributed by atoms with Crippen molar-refractivity contribution in [2.75, 3.05) is 0 Å². The third-order valence-electron chi connectivity index (χ3n) is 2.41. The maximum absolute atomic E-state index is 13.4. The molecule has 98 valence electrons. The van der Waals surface area contributed by atoms with Gasteiger partial charge in [-0.3, -0.25) is 9.59 Å². The van der Waals surface area contributed by atoms with Crippen LogP contribution >= 0.6 is 23.2 Å². The molecule has 0 unspecified atom stereocenters. The fourth-order valence-corrected chi connectivity index (χ4v) is 1.74. The summed E-state index contributed by atoms with van der Waals surface area (Å²) in [5, 5.41) is 3.46. The van der Waals surface area contributed by atoms with E-state index in [4.69, 9.17) is 23.2 Å². The van der Waals surface area contributed by atoms with E-state index < -0.39 is 23.7 Å². The molecule has 0 amide bonds. The molecule has 1 heterocycles. The lowest BCUT2D eigenvalue weighted by Gasteiger charge is -2.05. The van der Waals surface area contributed by atoms with Gasteiger partial charge < -0.3 is 0 Å². The fraction of sp³-hybridized carbons (Fsp3) is 0.0833. The van der Waals surface area contributed by atoms with E-state index in [-0.39, 0.29) is 15.6 Å². The van der Waals surface area contributed by atoms with Crippen molar-refractivity contribution in [2.45, 2.75) is 6.54 Å². The molecule has 2 aromatic rings. The Kier molecular flexibility index (Phi) is 3.97. The molecule has 2 rings (SSSR count). The number of ketones is 1. The molecule has 0 fully saturated rings. The van der Waals surface area contributed by atoms with Crippen LogP contribution in [0.25, 0.3) is 0 Å². The number of halogens is 3. The van der Waals surface area contributed by atoms with Gasteiger partial charge in [-0.25, -0.2) is 9.07 Å². The van der Waals surface area contributed by atoms with Gasteiger partial charge in [0.2, 0.25) is 0 Å². The highest BCUT2D eigenvalue weighted by Gasteiger charge is 2.14. The standard InChI is InChI=1S/C12H7Cl2FN2O2/c13-8-5-16-17(12(19)11(8)14)6-10(18)7-3-1-2-4-9(7)15/h1-5H,6H2. The maximum atomic E-state index is 13.4. The first kappa shape index (κ1) is 13.7. The summed E-state index contributed by atoms with van der Waals surface area (Å²) in [6, 6.07) is 5.50. The molecule has 7 heteroatoms. The maximum Gasteiger partial charge on any atom is 0.287 e. The molecule has 0 atom stereocenters. The largest absolute Gasteiger partial charge is 0.292 e. The number of hydrogen-bond donors (Lipinski definition) is 0. The van der Waals surface area contributed by atoms with Gasteiger partial charge in [0.25, 0.3) is 5.56 Å². The third kappa shape index (κ3) is 2.83. The van der Waals surface area contributed by atoms with Crippen LogP contribution in [0.15, 0.2) is 35.3 Å². The summed E-state index contributed by atoms with van der Waals surface area (Å²) in [4.78, 5) is 23.5. The Hall–Kier alpha value is -1.72. The van der Waals surface area contributed by atoms with E-state index in [1.807, 2.05) is 0 Å². The van der Waals surface area contributed by atoms with Crippen LogP contribution in [0.4, 0.5) is 4.39 Å². The van der Waals surface area contributed by atoms with Crippen LogP contribution in [-0.4, -0.2) is 15.6 Å². The van der Waals surface area contributed by atoms with Gasteiger partial charge in [-0.05, 0) is 12.1 Å². The minimum absolute atomic E-state index is 0.00116. The summed E-state index contributed by atoms with van der Waals surface area (Å²) < 4.78 is 14.2. The lowest BCUT2D eigenvalue weighted by atomic mass is 10.1. The van der Waals surface area contributed by atoms with E-state index in [1.54, 1.807) is 0 Å². The molecule has 0 N–H and O–H groups in total. The molecule has 0 saturated heterocycles. The van der Waals surface area contributed by atoms with Gasteiger partial charge in [-0.2, -0.15) is 5.10 Å². The predicted molar refractivity (Wildman–Crippen MR) is 69.2 cm³/mol. The highest BCUT2D eigenvalue weighted by Crippen LogP contribution is 2.15. The summed E-state index contributed by atoms with van der Waals surface area (Å²) in [7, 11) is 0. The van der Waals surface area contributed by atoms with Crippen molar-refractivity contribution in [1.29, 1.82) is 0 Å². The zero-order valence-electron chi connectivity index (χ0n) is 9.44. The van der Waals surface area contributed by atoms with Crippen LogP contribution in [0.2, 0.25) is 10.0 Å². The Morgan fingerprint density at radius 3 is 2.68 bits per heavy atom. The van der Waals surface area contributed by atoms with Crippen LogP contribution in [0.1, 0.15) is 10.4 Å². The summed E-state index contributed by atoms with van der Waals surface area (Å²) in [6.45, 7) is -0.406. The zero-order chi connectivity index (χ0) is 14.0. The molecule has 0 saturated carbocycles. The minimum atomic E-state index is -0.696. The second-order valence-electron chi connectivity index (χ2n) is 3.67. The average Bonchev–Trinajstić information content (AvgIpc) is 2.40. The zero-order valence-corrected chi connectivity index (χ0v) is 11.0. The van der Waals surface area contributed by atoms with Gasteiger partial charge in [-0.15, -0.1) is 0 Å². The van der Waals surface area contributed by atoms with Crippen LogP contribution in [0.3, 0.4) is 0 Å². The predicted octanol–water partition coefficient (Wildman–Crippen LogP) is 2.57. The van der Waals surface area contributed by atoms with E-state index >= 15 is 0 Å². The molecule has 0 bridgehead atoms. The molecule has 0 aliphatic carbocycles. The number of carbonyl (C=O) groups excluding carboxylic acids is 1. The summed E-state index contributed by atoms with van der Waals surface area (Å²) in [5.74, 6) is -1.23. The normalized spacial score (nSPS) is 10.5. The molecular formula is C12H7Cl2FN2O2. The number of aromatic nitrogens is 2. The number of benzene rings is 1. The second-order valence-corrected chi connectivity index (χ2v) is 4.46. The summed E-state index contributed by atoms with van der Waals surface area (Å²) in [5.41, 5.74) is -0.805. The van der Waals surface area contributed by atoms with Crippen molar-refractivity contribution in [3.05, 3.63) is 62.2 Å². The van der Waals surface area contributed by atoms with Crippen molar-refractivity contribution in [1.82, 2.24) is 9.78 Å². The first-order valence-corrected chi connectivity index (χ1v) is 5.95. The Morgan fingerprint density at radius 2 is 2.00 bits per heavy atom. The minimum Gasteiger partial charge on any atom is -0.292 e. The number of rotatable bonds is 3. The highest BCUT2D eigenvalue weighted by atomic mass is 35.5. The number of carbonyl (C=O) groups is 1. The van der Waals surface area contributed by atoms with Crippen LogP contribution in [0.5, 0.6) is 0 Å². The molecular weight excluding hydrogens is 294 g/mol. The van der Waals surface area contributed by atoms with Crippen LogP contribution in [-0.2, 0) is 6.54 Å². The number of Topliss-reactive ketones (excluding diaryl/α,β-unsaturated/α-hetero) is 1. The Morgan fingerprint density at radius 1 is 1.32 bits per heavy atom. The quantitative estimate of drug-likeness (QED) is 0.819. The smallest absolute Gasteiger partial charge is 0.287 e. The molecule has 19 heavy (non-hydrogen) atoms. The number of nitrogens with zero attached hydrogens (tertiary/aromatic N) is 2. The molecule has 0 radical (unpaired) electrons. The van der Waals surface area contributed by atoms with E-state index in [1.165, 1.54) is 18.2 Å². The van der Waals surface area contributed by atoms with Gasteiger partial charge in [0.1, 0.15) is 17.4 Å². The SMILES string of the molecule is O=C(Cn1ncc(Cl)c(Cl)c1=O)c1ccccc1F. The number of hydrogen-bond acceptors (Lipinski definition) is 3. The molecule has 1 aromatic carbocycles. The van der Waals surface area contributed by atoms with Crippen molar-refractivity contribution >= 4 is 29.0 Å². The van der Waals surface area contributed by atoms with Crippen molar-refractivity contribution in [3.8, 4) is 0 Å². The Balaban J connectivity index is 2.33. The molecule has 0 aliphatic heterocycles. The first-order chi connectivity index (χ1) is 9.00. The van der Waals surface area contributed by atoms with Crippen molar-refractivity contribution in [2.24, 2.45) is 0 Å². The van der Waals surface area contributed by atoms with E-state index in [9.17, 15) is 14.0 Å². The molecule has 1 aromatic heterocycles. The second kappa shape index (κ2) is 5.50. The lowest BCUT2D eigenvalue weighted by molar-refractivity contribution is 0.0961. The topological polar surface area (TPSA) is 52.0 Å². The van der Waals surface area contributed by atoms with Gasteiger partial charge in [0.15, 0.2) is 5.78 Å². The van der Waals surface area contributed by atoms with Gasteiger partial charge >= 0.3 is 0 Å². The lowest BCUT2D eigenvalue weighted by Crippen LogP contribution is -2.27. The van der Waals surface area contributed by atoms with Crippen LogP contribution < -0.4 is 5.56 Å². The molecule has 0 aliphatic rings. The monoisotopic (exact) mass is 300 g/mol. The van der Waals surface area contributed by atoms with E-state index in [2.05, 4.69) is 5.10 Å². The van der Waals surface area contributed by atoms with E-state index in [0.29, 0.717) is 0 Å². The highest BCUT2D eigenvalue weighted by molar-refractivity contribution is 6.41. The van der Waals surface area contributed by atoms with Crippen molar-refractivity contribution in [3.63, 3.8) is 0 Å².